The lowest BCUT2D eigenvalue weighted by Gasteiger charge is -2.61. The highest BCUT2D eigenvalue weighted by Gasteiger charge is 2.59. The molecular weight excluding hydrogens is 434 g/mol. The van der Waals surface area contributed by atoms with Crippen molar-refractivity contribution < 1.29 is 14.4 Å². The minimum Gasteiger partial charge on any atom is -0.382 e. The van der Waals surface area contributed by atoms with E-state index in [0.29, 0.717) is 69.6 Å². The molecule has 8 rings (SSSR count). The molecule has 4 fully saturated rings. The molecule has 4 heteroatoms. The summed E-state index contributed by atoms with van der Waals surface area (Å²) in [7, 11) is 0. The Morgan fingerprint density at radius 3 is 2.14 bits per heavy atom. The molecule has 8 atom stereocenters. The largest absolute Gasteiger partial charge is 0.382 e. The van der Waals surface area contributed by atoms with Gasteiger partial charge in [-0.05, 0) is 85.8 Å². The standard InChI is InChI=1S/C31H31NO3/c33-29-18-6-2-1-5-15(18)16-11-12-25-28-17(9-10-21(29)27(16)28)22-13-23-24(14-26(22)32-25)31(35)20-8-4-3-7-19(20)30(23)34/h3-4,7-8,13-18,21,25,27-28,32H,1-2,5-6,9-12H2/t15-,16+,17+,18-,21-,25-,27+,28+/m0/s1. The second-order valence-electron chi connectivity index (χ2n) is 12.1. The number of ketones is 3. The maximum absolute atomic E-state index is 13.7. The molecule has 0 amide bonds. The van der Waals surface area contributed by atoms with E-state index in [2.05, 4.69) is 5.32 Å². The Morgan fingerprint density at radius 2 is 1.34 bits per heavy atom. The van der Waals surface area contributed by atoms with Crippen molar-refractivity contribution >= 4 is 23.0 Å². The average Bonchev–Trinajstić information content (AvgIpc) is 2.90. The fourth-order valence-corrected chi connectivity index (χ4v) is 9.63. The maximum Gasteiger partial charge on any atom is 0.194 e. The van der Waals surface area contributed by atoms with Crippen molar-refractivity contribution in [2.45, 2.75) is 63.3 Å². The van der Waals surface area contributed by atoms with Gasteiger partial charge in [-0.1, -0.05) is 37.1 Å². The van der Waals surface area contributed by atoms with Crippen molar-refractivity contribution in [3.63, 3.8) is 0 Å². The summed E-state index contributed by atoms with van der Waals surface area (Å²) in [5, 5.41) is 3.84. The molecule has 1 aliphatic heterocycles. The maximum atomic E-state index is 13.7. The Hall–Kier alpha value is -2.75. The van der Waals surface area contributed by atoms with E-state index in [1.54, 1.807) is 12.1 Å². The Morgan fingerprint density at radius 1 is 0.629 bits per heavy atom. The number of hydrogen-bond donors (Lipinski definition) is 1. The number of carbonyl (C=O) groups excluding carboxylic acids is 3. The minimum atomic E-state index is -0.0458. The Kier molecular flexibility index (Phi) is 4.18. The van der Waals surface area contributed by atoms with Crippen LogP contribution in [0, 0.1) is 35.5 Å². The van der Waals surface area contributed by atoms with Gasteiger partial charge in [-0.15, -0.1) is 0 Å². The molecule has 1 N–H and O–H groups in total. The fourth-order valence-electron chi connectivity index (χ4n) is 9.63. The monoisotopic (exact) mass is 465 g/mol. The van der Waals surface area contributed by atoms with Crippen molar-refractivity contribution in [2.24, 2.45) is 35.5 Å². The lowest BCUT2D eigenvalue weighted by atomic mass is 9.45. The molecule has 6 aliphatic rings. The summed E-state index contributed by atoms with van der Waals surface area (Å²) in [6, 6.07) is 11.6. The normalized spacial score (nSPS) is 38.3. The molecule has 0 saturated heterocycles. The fraction of sp³-hybridized carbons (Fsp3) is 0.516. The summed E-state index contributed by atoms with van der Waals surface area (Å²) in [5.41, 5.74) is 4.40. The molecule has 5 aliphatic carbocycles. The third-order valence-corrected chi connectivity index (χ3v) is 10.9. The van der Waals surface area contributed by atoms with E-state index in [9.17, 15) is 14.4 Å². The first-order valence-corrected chi connectivity index (χ1v) is 13.8. The molecule has 0 unspecified atom stereocenters. The van der Waals surface area contributed by atoms with Crippen LogP contribution in [-0.2, 0) is 4.79 Å². The van der Waals surface area contributed by atoms with E-state index < -0.39 is 0 Å². The SMILES string of the molecule is O=C1c2ccccc2C(=O)c2cc3c(cc21)N[C@H]1CC[C@@H]2[C@@H]4CCCC[C@@H]4C(=O)[C@H]4CC[C@H]3[C@H]1[C@H]24. The van der Waals surface area contributed by atoms with Gasteiger partial charge in [-0.2, -0.15) is 0 Å². The van der Waals surface area contributed by atoms with E-state index in [1.807, 2.05) is 24.3 Å². The molecule has 2 aromatic rings. The van der Waals surface area contributed by atoms with E-state index in [0.717, 1.165) is 31.4 Å². The van der Waals surface area contributed by atoms with Gasteiger partial charge in [0.1, 0.15) is 5.78 Å². The van der Waals surface area contributed by atoms with Crippen LogP contribution < -0.4 is 5.32 Å². The Balaban J connectivity index is 1.23. The topological polar surface area (TPSA) is 63.2 Å². The molecule has 35 heavy (non-hydrogen) atoms. The van der Waals surface area contributed by atoms with Crippen LogP contribution in [0.3, 0.4) is 0 Å². The summed E-state index contributed by atoms with van der Waals surface area (Å²) in [5.74, 6) is 3.66. The molecular formula is C31H31NO3. The van der Waals surface area contributed by atoms with Gasteiger partial charge in [-0.25, -0.2) is 0 Å². The number of benzene rings is 2. The minimum absolute atomic E-state index is 0.0341. The van der Waals surface area contributed by atoms with Crippen molar-refractivity contribution in [1.29, 1.82) is 0 Å². The molecule has 0 bridgehead atoms. The number of carbonyl (C=O) groups is 3. The molecule has 0 spiro atoms. The van der Waals surface area contributed by atoms with Crippen LogP contribution >= 0.6 is 0 Å². The number of anilines is 1. The Labute approximate surface area is 205 Å². The summed E-state index contributed by atoms with van der Waals surface area (Å²) >= 11 is 0. The molecule has 1 heterocycles. The first kappa shape index (κ1) is 20.4. The zero-order valence-electron chi connectivity index (χ0n) is 20.0. The summed E-state index contributed by atoms with van der Waals surface area (Å²) < 4.78 is 0. The highest BCUT2D eigenvalue weighted by Crippen LogP contribution is 2.63. The van der Waals surface area contributed by atoms with Gasteiger partial charge in [0, 0.05) is 45.8 Å². The Bertz CT molecular complexity index is 1310. The van der Waals surface area contributed by atoms with E-state index in [-0.39, 0.29) is 17.5 Å². The first-order chi connectivity index (χ1) is 17.1. The second-order valence-corrected chi connectivity index (χ2v) is 12.1. The van der Waals surface area contributed by atoms with Gasteiger partial charge in [0.15, 0.2) is 11.6 Å². The third kappa shape index (κ3) is 2.61. The summed E-state index contributed by atoms with van der Waals surface area (Å²) in [6.07, 6.45) is 9.24. The average molecular weight is 466 g/mol. The molecule has 2 aromatic carbocycles. The smallest absolute Gasteiger partial charge is 0.194 e. The van der Waals surface area contributed by atoms with Gasteiger partial charge in [0.25, 0.3) is 0 Å². The molecule has 0 radical (unpaired) electrons. The van der Waals surface area contributed by atoms with Gasteiger partial charge in [0.2, 0.25) is 0 Å². The first-order valence-electron chi connectivity index (χ1n) is 13.8. The van der Waals surface area contributed by atoms with Gasteiger partial charge >= 0.3 is 0 Å². The van der Waals surface area contributed by atoms with E-state index in [1.165, 1.54) is 31.2 Å². The predicted octanol–water partition coefficient (Wildman–Crippen LogP) is 5.78. The van der Waals surface area contributed by atoms with Crippen LogP contribution in [0.5, 0.6) is 0 Å². The van der Waals surface area contributed by atoms with Crippen molar-refractivity contribution in [2.75, 3.05) is 5.32 Å². The number of nitrogens with one attached hydrogen (secondary N) is 1. The number of Topliss-reactive ketones (excluding diaryl/α,β-unsaturated/α-hetero) is 1. The van der Waals surface area contributed by atoms with Crippen molar-refractivity contribution in [3.8, 4) is 0 Å². The quantitative estimate of drug-likeness (QED) is 0.457. The zero-order chi connectivity index (χ0) is 23.4. The molecule has 0 aromatic heterocycles. The summed E-state index contributed by atoms with van der Waals surface area (Å²) in [6.45, 7) is 0. The molecule has 4 saturated carbocycles. The van der Waals surface area contributed by atoms with Gasteiger partial charge in [0.05, 0.1) is 0 Å². The van der Waals surface area contributed by atoms with E-state index >= 15 is 0 Å². The predicted molar refractivity (Wildman–Crippen MR) is 133 cm³/mol. The summed E-state index contributed by atoms with van der Waals surface area (Å²) in [4.78, 5) is 40.4. The van der Waals surface area contributed by atoms with Crippen LogP contribution in [0.1, 0.15) is 94.7 Å². The van der Waals surface area contributed by atoms with Gasteiger partial charge in [-0.3, -0.25) is 14.4 Å². The van der Waals surface area contributed by atoms with Crippen molar-refractivity contribution in [3.05, 3.63) is 64.2 Å². The highest BCUT2D eigenvalue weighted by molar-refractivity contribution is 6.28. The molecule has 178 valence electrons. The van der Waals surface area contributed by atoms with E-state index in [4.69, 9.17) is 0 Å². The van der Waals surface area contributed by atoms with Crippen LogP contribution in [0.15, 0.2) is 36.4 Å². The van der Waals surface area contributed by atoms with Crippen LogP contribution in [0.4, 0.5) is 5.69 Å². The number of rotatable bonds is 0. The number of fused-ring (bicyclic) bond motifs is 6. The second kappa shape index (κ2) is 7.15. The van der Waals surface area contributed by atoms with Crippen LogP contribution in [-0.4, -0.2) is 23.4 Å². The lowest BCUT2D eigenvalue weighted by molar-refractivity contribution is -0.150. The third-order valence-electron chi connectivity index (χ3n) is 10.9. The van der Waals surface area contributed by atoms with Gasteiger partial charge < -0.3 is 5.32 Å². The zero-order valence-corrected chi connectivity index (χ0v) is 20.0. The van der Waals surface area contributed by atoms with Crippen LogP contribution in [0.25, 0.3) is 0 Å². The molecule has 4 nitrogen and oxygen atoms in total. The van der Waals surface area contributed by atoms with Crippen molar-refractivity contribution in [1.82, 2.24) is 0 Å². The lowest BCUT2D eigenvalue weighted by Crippen LogP contribution is -2.60. The van der Waals surface area contributed by atoms with Crippen LogP contribution in [0.2, 0.25) is 0 Å². The highest BCUT2D eigenvalue weighted by atomic mass is 16.1. The number of hydrogen-bond acceptors (Lipinski definition) is 4.